The third-order valence-corrected chi connectivity index (χ3v) is 2.66. The Morgan fingerprint density at radius 3 is 3.00 bits per heavy atom. The van der Waals surface area contributed by atoms with Gasteiger partial charge in [-0.15, -0.1) is 0 Å². The van der Waals surface area contributed by atoms with Crippen molar-refractivity contribution in [2.24, 2.45) is 0 Å². The highest BCUT2D eigenvalue weighted by Crippen LogP contribution is 2.17. The zero-order chi connectivity index (χ0) is 10.6. The van der Waals surface area contributed by atoms with Crippen molar-refractivity contribution in [1.82, 2.24) is 5.48 Å². The van der Waals surface area contributed by atoms with Gasteiger partial charge in [0.05, 0.1) is 12.2 Å². The second-order valence-electron chi connectivity index (χ2n) is 2.49. The van der Waals surface area contributed by atoms with E-state index in [2.05, 4.69) is 28.1 Å². The zero-order valence-electron chi connectivity index (χ0n) is 7.51. The standard InChI is InChI=1S/C9H9ClINO2/c1-2-14-12-9(13)7-5-6(10)3-4-8(7)11/h3-5H,2H2,1H3,(H,12,13). The van der Waals surface area contributed by atoms with Gasteiger partial charge in [0.1, 0.15) is 0 Å². The molecule has 0 unspecified atom stereocenters. The van der Waals surface area contributed by atoms with Crippen molar-refractivity contribution in [3.8, 4) is 0 Å². The van der Waals surface area contributed by atoms with Gasteiger partial charge in [0.15, 0.2) is 0 Å². The van der Waals surface area contributed by atoms with Crippen molar-refractivity contribution >= 4 is 40.1 Å². The highest BCUT2D eigenvalue weighted by molar-refractivity contribution is 14.1. The Kier molecular flexibility index (Phi) is 4.64. The van der Waals surface area contributed by atoms with Crippen LogP contribution in [0.25, 0.3) is 0 Å². The lowest BCUT2D eigenvalue weighted by Crippen LogP contribution is -2.24. The fourth-order valence-electron chi connectivity index (χ4n) is 0.864. The predicted molar refractivity (Wildman–Crippen MR) is 63.3 cm³/mol. The molecule has 0 aliphatic rings. The van der Waals surface area contributed by atoms with Crippen LogP contribution >= 0.6 is 34.2 Å². The molecule has 0 aliphatic heterocycles. The molecule has 0 aromatic heterocycles. The van der Waals surface area contributed by atoms with E-state index >= 15 is 0 Å². The second-order valence-corrected chi connectivity index (χ2v) is 4.09. The monoisotopic (exact) mass is 325 g/mol. The van der Waals surface area contributed by atoms with Crippen LogP contribution < -0.4 is 5.48 Å². The molecule has 0 bridgehead atoms. The summed E-state index contributed by atoms with van der Waals surface area (Å²) >= 11 is 7.84. The van der Waals surface area contributed by atoms with Gasteiger partial charge < -0.3 is 0 Å². The summed E-state index contributed by atoms with van der Waals surface area (Å²) in [5, 5.41) is 0.534. The smallest absolute Gasteiger partial charge is 0.274 e. The Morgan fingerprint density at radius 2 is 2.36 bits per heavy atom. The molecule has 3 nitrogen and oxygen atoms in total. The van der Waals surface area contributed by atoms with Crippen LogP contribution in [0.2, 0.25) is 5.02 Å². The Balaban J connectivity index is 2.83. The molecule has 0 spiro atoms. The van der Waals surface area contributed by atoms with E-state index < -0.39 is 0 Å². The quantitative estimate of drug-likeness (QED) is 0.685. The molecule has 1 rings (SSSR count). The van der Waals surface area contributed by atoms with Crippen molar-refractivity contribution in [3.63, 3.8) is 0 Å². The lowest BCUT2D eigenvalue weighted by Gasteiger charge is -2.05. The Morgan fingerprint density at radius 1 is 1.64 bits per heavy atom. The van der Waals surface area contributed by atoms with Crippen LogP contribution in [0.15, 0.2) is 18.2 Å². The second kappa shape index (κ2) is 5.53. The Hall–Kier alpha value is -0.330. The molecule has 5 heteroatoms. The molecule has 0 radical (unpaired) electrons. The van der Waals surface area contributed by atoms with Gasteiger partial charge in [-0.05, 0) is 47.7 Å². The number of carbonyl (C=O) groups excluding carboxylic acids is 1. The van der Waals surface area contributed by atoms with Crippen molar-refractivity contribution in [3.05, 3.63) is 32.4 Å². The molecule has 0 saturated carbocycles. The number of carbonyl (C=O) groups is 1. The molecule has 76 valence electrons. The van der Waals surface area contributed by atoms with Gasteiger partial charge in [-0.1, -0.05) is 11.6 Å². The van der Waals surface area contributed by atoms with E-state index in [1.165, 1.54) is 0 Å². The van der Waals surface area contributed by atoms with Crippen LogP contribution in [0.5, 0.6) is 0 Å². The first kappa shape index (κ1) is 11.7. The van der Waals surface area contributed by atoms with E-state index in [9.17, 15) is 4.79 Å². The van der Waals surface area contributed by atoms with E-state index in [-0.39, 0.29) is 5.91 Å². The number of halogens is 2. The van der Waals surface area contributed by atoms with E-state index in [1.807, 2.05) is 0 Å². The molecular weight excluding hydrogens is 316 g/mol. The van der Waals surface area contributed by atoms with Gasteiger partial charge in [0, 0.05) is 8.59 Å². The summed E-state index contributed by atoms with van der Waals surface area (Å²) < 4.78 is 0.837. The molecule has 1 N–H and O–H groups in total. The molecule has 0 fully saturated rings. The van der Waals surface area contributed by atoms with Crippen LogP contribution in [0.3, 0.4) is 0 Å². The first-order valence-corrected chi connectivity index (χ1v) is 5.48. The minimum atomic E-state index is -0.279. The molecule has 0 aliphatic carbocycles. The average molecular weight is 326 g/mol. The van der Waals surface area contributed by atoms with Gasteiger partial charge in [-0.2, -0.15) is 0 Å². The maximum atomic E-state index is 11.5. The van der Waals surface area contributed by atoms with E-state index in [0.717, 1.165) is 3.57 Å². The lowest BCUT2D eigenvalue weighted by atomic mass is 10.2. The summed E-state index contributed by atoms with van der Waals surface area (Å²) in [7, 11) is 0. The lowest BCUT2D eigenvalue weighted by molar-refractivity contribution is 0.0363. The number of hydrogen-bond donors (Lipinski definition) is 1. The maximum Gasteiger partial charge on any atom is 0.275 e. The Labute approximate surface area is 101 Å². The Bertz CT molecular complexity index is 344. The van der Waals surface area contributed by atoms with E-state index in [4.69, 9.17) is 16.4 Å². The van der Waals surface area contributed by atoms with Gasteiger partial charge in [-0.3, -0.25) is 9.63 Å². The van der Waals surface area contributed by atoms with Crippen LogP contribution in [0, 0.1) is 3.57 Å². The maximum absolute atomic E-state index is 11.5. The number of rotatable bonds is 3. The average Bonchev–Trinajstić information content (AvgIpc) is 2.18. The summed E-state index contributed by atoms with van der Waals surface area (Å²) in [6.07, 6.45) is 0. The fourth-order valence-corrected chi connectivity index (χ4v) is 1.62. The summed E-state index contributed by atoms with van der Waals surface area (Å²) in [4.78, 5) is 16.3. The van der Waals surface area contributed by atoms with Gasteiger partial charge in [0.2, 0.25) is 0 Å². The van der Waals surface area contributed by atoms with Gasteiger partial charge in [0.25, 0.3) is 5.91 Å². The molecule has 0 atom stereocenters. The van der Waals surface area contributed by atoms with Crippen molar-refractivity contribution in [2.75, 3.05) is 6.61 Å². The largest absolute Gasteiger partial charge is 0.275 e. The SMILES string of the molecule is CCONC(=O)c1cc(Cl)ccc1I. The molecule has 0 saturated heterocycles. The van der Waals surface area contributed by atoms with Crippen molar-refractivity contribution in [2.45, 2.75) is 6.92 Å². The predicted octanol–water partition coefficient (Wildman–Crippen LogP) is 2.63. The molecule has 1 aromatic rings. The van der Waals surface area contributed by atoms with Crippen LogP contribution in [-0.2, 0) is 4.84 Å². The zero-order valence-corrected chi connectivity index (χ0v) is 10.4. The van der Waals surface area contributed by atoms with Crippen LogP contribution in [0.4, 0.5) is 0 Å². The molecule has 1 amide bonds. The van der Waals surface area contributed by atoms with Crippen molar-refractivity contribution in [1.29, 1.82) is 0 Å². The van der Waals surface area contributed by atoms with Gasteiger partial charge in [-0.25, -0.2) is 5.48 Å². The first-order chi connectivity index (χ1) is 6.65. The van der Waals surface area contributed by atoms with E-state index in [1.54, 1.807) is 25.1 Å². The molecule has 14 heavy (non-hydrogen) atoms. The summed E-state index contributed by atoms with van der Waals surface area (Å²) in [5.41, 5.74) is 2.83. The van der Waals surface area contributed by atoms with Crippen molar-refractivity contribution < 1.29 is 9.63 Å². The molecular formula is C9H9ClINO2. The number of amides is 1. The number of benzene rings is 1. The molecule has 1 aromatic carbocycles. The summed E-state index contributed by atoms with van der Waals surface area (Å²) in [6, 6.07) is 5.13. The summed E-state index contributed by atoms with van der Waals surface area (Å²) in [6.45, 7) is 2.23. The minimum absolute atomic E-state index is 0.279. The fraction of sp³-hybridized carbons (Fsp3) is 0.222. The first-order valence-electron chi connectivity index (χ1n) is 4.02. The topological polar surface area (TPSA) is 38.3 Å². The third kappa shape index (κ3) is 3.11. The van der Waals surface area contributed by atoms with Crippen LogP contribution in [-0.4, -0.2) is 12.5 Å². The number of hydrogen-bond acceptors (Lipinski definition) is 2. The normalized spacial score (nSPS) is 9.93. The highest BCUT2D eigenvalue weighted by Gasteiger charge is 2.09. The number of hydroxylamine groups is 1. The van der Waals surface area contributed by atoms with Crippen LogP contribution in [0.1, 0.15) is 17.3 Å². The summed E-state index contributed by atoms with van der Waals surface area (Å²) in [5.74, 6) is -0.279. The molecule has 0 heterocycles. The minimum Gasteiger partial charge on any atom is -0.274 e. The highest BCUT2D eigenvalue weighted by atomic mass is 127. The van der Waals surface area contributed by atoms with E-state index in [0.29, 0.717) is 17.2 Å². The number of nitrogens with one attached hydrogen (secondary N) is 1. The van der Waals surface area contributed by atoms with Gasteiger partial charge >= 0.3 is 0 Å². The third-order valence-electron chi connectivity index (χ3n) is 1.48.